The molecule has 0 rings (SSSR count). The van der Waals surface area contributed by atoms with Crippen molar-refractivity contribution in [3.63, 3.8) is 0 Å². The average Bonchev–Trinajstić information content (AvgIpc) is 1.89. The fourth-order valence-corrected chi connectivity index (χ4v) is 0.549. The Morgan fingerprint density at radius 3 is 2.40 bits per heavy atom. The Hall–Kier alpha value is -0.550. The van der Waals surface area contributed by atoms with Crippen LogP contribution in [0.5, 0.6) is 0 Å². The highest BCUT2D eigenvalue weighted by Gasteiger charge is 2.25. The van der Waals surface area contributed by atoms with Crippen molar-refractivity contribution >= 4 is 0 Å². The molecule has 0 aliphatic carbocycles. The standard InChI is InChI=1S/C8H15NO/c1-5-10-7(2)8(3,4)6-9/h7H,5H2,1-4H3. The number of nitriles is 1. The molecule has 0 saturated heterocycles. The lowest BCUT2D eigenvalue weighted by Crippen LogP contribution is -2.27. The van der Waals surface area contributed by atoms with E-state index in [9.17, 15) is 0 Å². The van der Waals surface area contributed by atoms with Gasteiger partial charge in [-0.1, -0.05) is 0 Å². The van der Waals surface area contributed by atoms with Crippen LogP contribution >= 0.6 is 0 Å². The molecule has 0 radical (unpaired) electrons. The van der Waals surface area contributed by atoms with E-state index < -0.39 is 0 Å². The van der Waals surface area contributed by atoms with Crippen molar-refractivity contribution in [2.24, 2.45) is 5.41 Å². The third-order valence-electron chi connectivity index (χ3n) is 1.72. The highest BCUT2D eigenvalue weighted by Crippen LogP contribution is 2.21. The molecule has 0 aromatic rings. The van der Waals surface area contributed by atoms with Crippen LogP contribution in [0.25, 0.3) is 0 Å². The zero-order valence-electron chi connectivity index (χ0n) is 7.14. The van der Waals surface area contributed by atoms with E-state index in [1.54, 1.807) is 0 Å². The maximum atomic E-state index is 8.66. The maximum absolute atomic E-state index is 8.66. The van der Waals surface area contributed by atoms with Crippen LogP contribution in [0.15, 0.2) is 0 Å². The van der Waals surface area contributed by atoms with E-state index in [2.05, 4.69) is 6.07 Å². The molecule has 0 heterocycles. The predicted molar refractivity (Wildman–Crippen MR) is 40.5 cm³/mol. The van der Waals surface area contributed by atoms with Gasteiger partial charge in [-0.05, 0) is 27.7 Å². The third-order valence-corrected chi connectivity index (χ3v) is 1.72. The summed E-state index contributed by atoms with van der Waals surface area (Å²) in [6.07, 6.45) is 0.0162. The van der Waals surface area contributed by atoms with Crippen LogP contribution in [-0.2, 0) is 4.74 Å². The molecule has 0 N–H and O–H groups in total. The monoisotopic (exact) mass is 141 g/mol. The van der Waals surface area contributed by atoms with Gasteiger partial charge in [-0.2, -0.15) is 5.26 Å². The van der Waals surface area contributed by atoms with Gasteiger partial charge in [0.15, 0.2) is 0 Å². The van der Waals surface area contributed by atoms with Crippen molar-refractivity contribution in [1.82, 2.24) is 0 Å². The zero-order valence-corrected chi connectivity index (χ0v) is 7.14. The van der Waals surface area contributed by atoms with Crippen molar-refractivity contribution in [1.29, 1.82) is 5.26 Å². The second-order valence-corrected chi connectivity index (χ2v) is 2.93. The number of nitrogens with zero attached hydrogens (tertiary/aromatic N) is 1. The first-order valence-corrected chi connectivity index (χ1v) is 3.57. The number of hydrogen-bond donors (Lipinski definition) is 0. The third kappa shape index (κ3) is 2.36. The van der Waals surface area contributed by atoms with Gasteiger partial charge in [0.05, 0.1) is 17.6 Å². The molecule has 0 aliphatic heterocycles. The van der Waals surface area contributed by atoms with Gasteiger partial charge in [-0.3, -0.25) is 0 Å². The lowest BCUT2D eigenvalue weighted by Gasteiger charge is -2.23. The lowest BCUT2D eigenvalue weighted by atomic mass is 9.89. The average molecular weight is 141 g/mol. The topological polar surface area (TPSA) is 33.0 Å². The molecule has 0 aromatic heterocycles. The van der Waals surface area contributed by atoms with E-state index in [4.69, 9.17) is 10.00 Å². The SMILES string of the molecule is CCOC(C)C(C)(C)C#N. The largest absolute Gasteiger partial charge is 0.377 e. The van der Waals surface area contributed by atoms with Crippen LogP contribution in [-0.4, -0.2) is 12.7 Å². The quantitative estimate of drug-likeness (QED) is 0.602. The first-order chi connectivity index (χ1) is 4.54. The summed E-state index contributed by atoms with van der Waals surface area (Å²) in [6.45, 7) is 8.30. The smallest absolute Gasteiger partial charge is 0.0776 e. The second-order valence-electron chi connectivity index (χ2n) is 2.93. The van der Waals surface area contributed by atoms with Crippen LogP contribution < -0.4 is 0 Å². The van der Waals surface area contributed by atoms with E-state index in [1.807, 2.05) is 27.7 Å². The van der Waals surface area contributed by atoms with Gasteiger partial charge in [0, 0.05) is 6.61 Å². The van der Waals surface area contributed by atoms with Crippen LogP contribution in [0.1, 0.15) is 27.7 Å². The summed E-state index contributed by atoms with van der Waals surface area (Å²) in [6, 6.07) is 2.20. The van der Waals surface area contributed by atoms with E-state index in [1.165, 1.54) is 0 Å². The molecule has 2 heteroatoms. The molecular formula is C8H15NO. The number of rotatable bonds is 3. The summed E-state index contributed by atoms with van der Waals surface area (Å²) < 4.78 is 5.28. The van der Waals surface area contributed by atoms with Crippen molar-refractivity contribution in [2.45, 2.75) is 33.8 Å². The summed E-state index contributed by atoms with van der Waals surface area (Å²) in [4.78, 5) is 0. The maximum Gasteiger partial charge on any atom is 0.0776 e. The fraction of sp³-hybridized carbons (Fsp3) is 0.875. The van der Waals surface area contributed by atoms with Gasteiger partial charge in [-0.15, -0.1) is 0 Å². The normalized spacial score (nSPS) is 14.3. The van der Waals surface area contributed by atoms with Crippen LogP contribution in [0.2, 0.25) is 0 Å². The molecule has 10 heavy (non-hydrogen) atoms. The second kappa shape index (κ2) is 3.58. The molecule has 1 atom stereocenters. The summed E-state index contributed by atoms with van der Waals surface area (Å²) in [7, 11) is 0. The predicted octanol–water partition coefficient (Wildman–Crippen LogP) is 1.96. The molecule has 58 valence electrons. The first kappa shape index (κ1) is 9.45. The van der Waals surface area contributed by atoms with Crippen LogP contribution in [0, 0.1) is 16.7 Å². The Labute approximate surface area is 62.8 Å². The van der Waals surface area contributed by atoms with Gasteiger partial charge in [0.2, 0.25) is 0 Å². The molecule has 0 aliphatic rings. The highest BCUT2D eigenvalue weighted by molar-refractivity contribution is 4.96. The fourth-order valence-electron chi connectivity index (χ4n) is 0.549. The number of ether oxygens (including phenoxy) is 1. The lowest BCUT2D eigenvalue weighted by molar-refractivity contribution is 0.0182. The molecule has 0 fully saturated rings. The van der Waals surface area contributed by atoms with Gasteiger partial charge in [0.25, 0.3) is 0 Å². The molecule has 2 nitrogen and oxygen atoms in total. The molecule has 0 saturated carbocycles. The Bertz CT molecular complexity index is 135. The van der Waals surface area contributed by atoms with E-state index in [-0.39, 0.29) is 11.5 Å². The van der Waals surface area contributed by atoms with Crippen LogP contribution in [0.4, 0.5) is 0 Å². The van der Waals surface area contributed by atoms with Gasteiger partial charge in [0.1, 0.15) is 0 Å². The zero-order chi connectivity index (χ0) is 8.20. The first-order valence-electron chi connectivity index (χ1n) is 3.57. The molecule has 0 bridgehead atoms. The Balaban J connectivity index is 3.94. The van der Waals surface area contributed by atoms with E-state index >= 15 is 0 Å². The Kier molecular flexibility index (Phi) is 3.38. The minimum atomic E-state index is -0.365. The van der Waals surface area contributed by atoms with Crippen molar-refractivity contribution in [2.75, 3.05) is 6.61 Å². The van der Waals surface area contributed by atoms with Gasteiger partial charge >= 0.3 is 0 Å². The van der Waals surface area contributed by atoms with E-state index in [0.29, 0.717) is 6.61 Å². The van der Waals surface area contributed by atoms with Crippen LogP contribution in [0.3, 0.4) is 0 Å². The molecule has 0 aromatic carbocycles. The van der Waals surface area contributed by atoms with Crippen molar-refractivity contribution < 1.29 is 4.74 Å². The Morgan fingerprint density at radius 1 is 1.60 bits per heavy atom. The van der Waals surface area contributed by atoms with E-state index in [0.717, 1.165) is 0 Å². The number of hydrogen-bond acceptors (Lipinski definition) is 2. The summed E-state index contributed by atoms with van der Waals surface area (Å²) >= 11 is 0. The highest BCUT2D eigenvalue weighted by atomic mass is 16.5. The molecular weight excluding hydrogens is 126 g/mol. The summed E-state index contributed by atoms with van der Waals surface area (Å²) in [5.74, 6) is 0. The minimum Gasteiger partial charge on any atom is -0.377 e. The molecule has 0 spiro atoms. The van der Waals surface area contributed by atoms with Crippen molar-refractivity contribution in [3.8, 4) is 6.07 Å². The van der Waals surface area contributed by atoms with Gasteiger partial charge < -0.3 is 4.74 Å². The van der Waals surface area contributed by atoms with Gasteiger partial charge in [-0.25, -0.2) is 0 Å². The Morgan fingerprint density at radius 2 is 2.10 bits per heavy atom. The van der Waals surface area contributed by atoms with Crippen molar-refractivity contribution in [3.05, 3.63) is 0 Å². The summed E-state index contributed by atoms with van der Waals surface area (Å²) in [5.41, 5.74) is -0.365. The molecule has 0 amide bonds. The summed E-state index contributed by atoms with van der Waals surface area (Å²) in [5, 5.41) is 8.66. The molecule has 1 unspecified atom stereocenters. The minimum absolute atomic E-state index is 0.0162.